The molecule has 2 aliphatic rings. The van der Waals surface area contributed by atoms with Crippen molar-refractivity contribution in [2.24, 2.45) is 11.1 Å². The second kappa shape index (κ2) is 12.0. The monoisotopic (exact) mass is 472 g/mol. The zero-order valence-corrected chi connectivity index (χ0v) is 20.5. The van der Waals surface area contributed by atoms with E-state index in [0.717, 1.165) is 49.9 Å². The largest absolute Gasteiger partial charge is 0.458 e. The molecule has 1 atom stereocenters. The third-order valence-corrected chi connectivity index (χ3v) is 6.50. The van der Waals surface area contributed by atoms with Crippen molar-refractivity contribution in [3.63, 3.8) is 0 Å². The number of amides is 1. The third kappa shape index (κ3) is 6.94. The first-order valence-corrected chi connectivity index (χ1v) is 12.0. The summed E-state index contributed by atoms with van der Waals surface area (Å²) in [7, 11) is 0. The molecule has 1 unspecified atom stereocenters. The number of aryl methyl sites for hydroxylation is 2. The van der Waals surface area contributed by atoms with Crippen molar-refractivity contribution in [2.75, 3.05) is 26.3 Å². The fourth-order valence-electron chi connectivity index (χ4n) is 4.19. The minimum Gasteiger partial charge on any atom is -0.458 e. The molecule has 1 amide bonds. The van der Waals surface area contributed by atoms with E-state index in [2.05, 4.69) is 12.1 Å². The van der Waals surface area contributed by atoms with Crippen molar-refractivity contribution in [1.82, 2.24) is 4.90 Å². The summed E-state index contributed by atoms with van der Waals surface area (Å²) in [6.07, 6.45) is 12.1. The van der Waals surface area contributed by atoms with Gasteiger partial charge in [0.15, 0.2) is 6.61 Å². The average molecular weight is 473 g/mol. The molecule has 1 aromatic rings. The lowest BCUT2D eigenvalue weighted by molar-refractivity contribution is -0.137. The van der Waals surface area contributed by atoms with E-state index < -0.39 is 5.97 Å². The predicted molar refractivity (Wildman–Crippen MR) is 131 cm³/mol. The van der Waals surface area contributed by atoms with Crippen LogP contribution in [0.1, 0.15) is 59.7 Å². The minimum atomic E-state index is -0.412. The Hall–Kier alpha value is -2.60. The van der Waals surface area contributed by atoms with Gasteiger partial charge in [0, 0.05) is 24.5 Å². The Balaban J connectivity index is 1.88. The van der Waals surface area contributed by atoms with Gasteiger partial charge in [-0.15, -0.1) is 0 Å². The summed E-state index contributed by atoms with van der Waals surface area (Å²) in [4.78, 5) is 32.6. The van der Waals surface area contributed by atoms with E-state index in [9.17, 15) is 9.59 Å². The number of likely N-dealkylation sites (tertiary alicyclic amines) is 1. The lowest BCUT2D eigenvalue weighted by atomic mass is 9.94. The van der Waals surface area contributed by atoms with E-state index in [4.69, 9.17) is 21.2 Å². The summed E-state index contributed by atoms with van der Waals surface area (Å²) >= 11 is 6.65. The van der Waals surface area contributed by atoms with E-state index in [1.54, 1.807) is 0 Å². The van der Waals surface area contributed by atoms with Crippen molar-refractivity contribution in [2.45, 2.75) is 52.9 Å². The Morgan fingerprint density at radius 3 is 2.73 bits per heavy atom. The molecule has 6 nitrogen and oxygen atoms in total. The summed E-state index contributed by atoms with van der Waals surface area (Å²) < 4.78 is 5.50. The molecule has 2 aliphatic heterocycles. The van der Waals surface area contributed by atoms with Gasteiger partial charge in [-0.05, 0) is 68.2 Å². The Kier molecular flexibility index (Phi) is 9.12. The maximum absolute atomic E-state index is 12.9. The van der Waals surface area contributed by atoms with Crippen LogP contribution in [-0.4, -0.2) is 48.8 Å². The normalized spacial score (nSPS) is 21.9. The summed E-state index contributed by atoms with van der Waals surface area (Å²) in [6, 6.07) is 1.89. The van der Waals surface area contributed by atoms with Gasteiger partial charge >= 0.3 is 5.97 Å². The lowest BCUT2D eigenvalue weighted by Crippen LogP contribution is -2.37. The Bertz CT molecular complexity index is 962. The molecule has 7 heteroatoms. The van der Waals surface area contributed by atoms with Crippen LogP contribution in [0, 0.1) is 19.8 Å². The number of hydrogen-bond acceptors (Lipinski definition) is 5. The highest BCUT2D eigenvalue weighted by molar-refractivity contribution is 6.33. The standard InChI is InChI=1S/C26H33ClN2O4/c1-18-9-7-11-21(28-33-17-23(30)29-12-5-4-6-13-29)16-22-24(26(31)32-14-8-10-18)19(2)15-20(3)25(22)27/h7-8,10-11,15,18H,4-6,9,12-14,16-17H2,1-3H3/b10-8?,11-7+,28-21+. The number of esters is 1. The van der Waals surface area contributed by atoms with Crippen LogP contribution in [0.5, 0.6) is 0 Å². The predicted octanol–water partition coefficient (Wildman–Crippen LogP) is 5.19. The van der Waals surface area contributed by atoms with Crippen LogP contribution >= 0.6 is 11.6 Å². The molecule has 178 valence electrons. The molecule has 3 rings (SSSR count). The quantitative estimate of drug-likeness (QED) is 0.344. The molecule has 0 aliphatic carbocycles. The van der Waals surface area contributed by atoms with Crippen LogP contribution in [0.25, 0.3) is 0 Å². The number of benzene rings is 1. The van der Waals surface area contributed by atoms with Crippen LogP contribution in [0.2, 0.25) is 5.02 Å². The number of hydrogen-bond donors (Lipinski definition) is 0. The first kappa shape index (κ1) is 25.0. The fourth-order valence-corrected chi connectivity index (χ4v) is 4.40. The van der Waals surface area contributed by atoms with Gasteiger partial charge in [0.2, 0.25) is 0 Å². The van der Waals surface area contributed by atoms with Crippen LogP contribution in [0.15, 0.2) is 35.5 Å². The van der Waals surface area contributed by atoms with Crippen LogP contribution in [0.3, 0.4) is 0 Å². The van der Waals surface area contributed by atoms with Gasteiger partial charge in [0.25, 0.3) is 5.91 Å². The summed E-state index contributed by atoms with van der Waals surface area (Å²) in [5, 5.41) is 4.78. The smallest absolute Gasteiger partial charge is 0.339 e. The van der Waals surface area contributed by atoms with Crippen molar-refractivity contribution in [3.8, 4) is 0 Å². The Morgan fingerprint density at radius 2 is 1.97 bits per heavy atom. The topological polar surface area (TPSA) is 68.2 Å². The molecule has 33 heavy (non-hydrogen) atoms. The van der Waals surface area contributed by atoms with E-state index in [1.807, 2.05) is 49.1 Å². The van der Waals surface area contributed by atoms with Gasteiger partial charge < -0.3 is 14.5 Å². The highest BCUT2D eigenvalue weighted by atomic mass is 35.5. The number of rotatable bonds is 3. The molecule has 0 radical (unpaired) electrons. The van der Waals surface area contributed by atoms with E-state index in [0.29, 0.717) is 28.3 Å². The molecule has 1 fully saturated rings. The summed E-state index contributed by atoms with van der Waals surface area (Å²) in [5.74, 6) is -0.191. The van der Waals surface area contributed by atoms with Gasteiger partial charge in [-0.1, -0.05) is 48.0 Å². The van der Waals surface area contributed by atoms with Gasteiger partial charge in [-0.2, -0.15) is 0 Å². The molecule has 0 bridgehead atoms. The molecule has 0 N–H and O–H groups in total. The SMILES string of the molecule is Cc1cc(C)c2c(c1Cl)CC(=N/OCC(=O)N1CCCCC1)/C=C/CC(C)C=CCOC2=O. The zero-order valence-electron chi connectivity index (χ0n) is 19.7. The third-order valence-electron chi connectivity index (χ3n) is 5.97. The first-order valence-electron chi connectivity index (χ1n) is 11.6. The van der Waals surface area contributed by atoms with Crippen molar-refractivity contribution < 1.29 is 19.2 Å². The molecule has 1 aromatic carbocycles. The van der Waals surface area contributed by atoms with Crippen molar-refractivity contribution >= 4 is 29.2 Å². The highest BCUT2D eigenvalue weighted by Gasteiger charge is 2.22. The van der Waals surface area contributed by atoms with Crippen LogP contribution < -0.4 is 0 Å². The highest BCUT2D eigenvalue weighted by Crippen LogP contribution is 2.29. The van der Waals surface area contributed by atoms with Crippen molar-refractivity contribution in [1.29, 1.82) is 0 Å². The van der Waals surface area contributed by atoms with Gasteiger partial charge in [0.1, 0.15) is 6.61 Å². The van der Waals surface area contributed by atoms with Gasteiger partial charge in [0.05, 0.1) is 11.3 Å². The van der Waals surface area contributed by atoms with Crippen molar-refractivity contribution in [3.05, 3.63) is 57.6 Å². The summed E-state index contributed by atoms with van der Waals surface area (Å²) in [5.41, 5.74) is 3.39. The second-order valence-corrected chi connectivity index (χ2v) is 9.17. The first-order chi connectivity index (χ1) is 15.9. The molecule has 1 saturated heterocycles. The molecular weight excluding hydrogens is 440 g/mol. The number of halogens is 1. The maximum Gasteiger partial charge on any atom is 0.339 e. The van der Waals surface area contributed by atoms with E-state index >= 15 is 0 Å². The molecule has 0 spiro atoms. The van der Waals surface area contributed by atoms with E-state index in [1.165, 1.54) is 0 Å². The van der Waals surface area contributed by atoms with E-state index in [-0.39, 0.29) is 25.0 Å². The number of carbonyl (C=O) groups is 2. The molecule has 2 heterocycles. The lowest BCUT2D eigenvalue weighted by Gasteiger charge is -2.26. The minimum absolute atomic E-state index is 0.0554. The Labute approximate surface area is 201 Å². The van der Waals surface area contributed by atoms with Crippen LogP contribution in [-0.2, 0) is 20.8 Å². The number of nitrogens with zero attached hydrogens (tertiary/aromatic N) is 2. The number of cyclic esters (lactones) is 1. The second-order valence-electron chi connectivity index (χ2n) is 8.79. The number of allylic oxidation sites excluding steroid dienone is 3. The molecular formula is C26H33ClN2O4. The zero-order chi connectivity index (χ0) is 23.8. The van der Waals surface area contributed by atoms with Gasteiger partial charge in [-0.3, -0.25) is 4.79 Å². The summed E-state index contributed by atoms with van der Waals surface area (Å²) in [6.45, 7) is 7.52. The Morgan fingerprint density at radius 1 is 1.21 bits per heavy atom. The number of ether oxygens (including phenoxy) is 1. The number of fused-ring (bicyclic) bond motifs is 1. The number of oxime groups is 1. The van der Waals surface area contributed by atoms with Gasteiger partial charge in [-0.25, -0.2) is 4.79 Å². The molecule has 0 saturated carbocycles. The fraction of sp³-hybridized carbons (Fsp3) is 0.500. The number of piperidine rings is 1. The van der Waals surface area contributed by atoms with Crippen LogP contribution in [0.4, 0.5) is 0 Å². The molecule has 0 aromatic heterocycles. The average Bonchev–Trinajstić information content (AvgIpc) is 2.80. The number of carbonyl (C=O) groups excluding carboxylic acids is 2. The maximum atomic E-state index is 12.9.